The van der Waals surface area contributed by atoms with Gasteiger partial charge in [-0.3, -0.25) is 9.59 Å². The molecule has 0 bridgehead atoms. The first-order valence-electron chi connectivity index (χ1n) is 10.6. The smallest absolute Gasteiger partial charge is 0.242 e. The fourth-order valence-corrected chi connectivity index (χ4v) is 3.90. The molecule has 6 nitrogen and oxygen atoms in total. The molecule has 1 saturated heterocycles. The number of hydrogen-bond donors (Lipinski definition) is 1. The zero-order chi connectivity index (χ0) is 19.8. The Morgan fingerprint density at radius 3 is 2.54 bits per heavy atom. The second kappa shape index (κ2) is 10.2. The van der Waals surface area contributed by atoms with Crippen LogP contribution in [-0.2, 0) is 22.6 Å². The van der Waals surface area contributed by atoms with Gasteiger partial charge in [-0.15, -0.1) is 0 Å². The number of amides is 2. The Balaban J connectivity index is 1.65. The maximum atomic E-state index is 12.9. The maximum absolute atomic E-state index is 12.9. The standard InChI is InChI=1S/C22H32N4O2/c1-18(27)23-14-8-4-5-13-21-24-19-11-6-7-12-20(19)26(21)17-22(28)25-15-9-2-3-10-16-25/h6-7,11-12H,2-5,8-10,13-17H2,1H3,(H,23,27). The largest absolute Gasteiger partial charge is 0.356 e. The van der Waals surface area contributed by atoms with Crippen molar-refractivity contribution >= 4 is 22.8 Å². The number of aryl methyl sites for hydroxylation is 1. The molecule has 28 heavy (non-hydrogen) atoms. The van der Waals surface area contributed by atoms with Crippen LogP contribution in [0, 0.1) is 0 Å². The molecule has 0 radical (unpaired) electrons. The molecule has 1 aliphatic rings. The summed E-state index contributed by atoms with van der Waals surface area (Å²) in [6.07, 6.45) is 8.51. The first-order chi connectivity index (χ1) is 13.6. The summed E-state index contributed by atoms with van der Waals surface area (Å²) in [5.74, 6) is 1.22. The summed E-state index contributed by atoms with van der Waals surface area (Å²) in [6, 6.07) is 8.07. The quantitative estimate of drug-likeness (QED) is 0.710. The second-order valence-electron chi connectivity index (χ2n) is 7.69. The van der Waals surface area contributed by atoms with Gasteiger partial charge >= 0.3 is 0 Å². The zero-order valence-corrected chi connectivity index (χ0v) is 17.0. The SMILES string of the molecule is CC(=O)NCCCCCc1nc2ccccc2n1CC(=O)N1CCCCCC1. The lowest BCUT2D eigenvalue weighted by Gasteiger charge is -2.21. The number of para-hydroxylation sites is 2. The number of carbonyl (C=O) groups excluding carboxylic acids is 2. The van der Waals surface area contributed by atoms with Crippen molar-refractivity contribution in [3.63, 3.8) is 0 Å². The van der Waals surface area contributed by atoms with Crippen molar-refractivity contribution < 1.29 is 9.59 Å². The molecular formula is C22H32N4O2. The van der Waals surface area contributed by atoms with E-state index in [-0.39, 0.29) is 11.8 Å². The van der Waals surface area contributed by atoms with Gasteiger partial charge in [0, 0.05) is 33.0 Å². The highest BCUT2D eigenvalue weighted by molar-refractivity contribution is 5.81. The van der Waals surface area contributed by atoms with E-state index in [1.165, 1.54) is 12.8 Å². The van der Waals surface area contributed by atoms with Crippen LogP contribution < -0.4 is 5.32 Å². The van der Waals surface area contributed by atoms with Crippen LogP contribution in [0.15, 0.2) is 24.3 Å². The molecule has 1 aromatic carbocycles. The van der Waals surface area contributed by atoms with E-state index in [2.05, 4.69) is 16.0 Å². The number of likely N-dealkylation sites (tertiary alicyclic amines) is 1. The van der Waals surface area contributed by atoms with Crippen molar-refractivity contribution in [2.24, 2.45) is 0 Å². The lowest BCUT2D eigenvalue weighted by atomic mass is 10.2. The fraction of sp³-hybridized carbons (Fsp3) is 0.591. The molecule has 2 amide bonds. The number of fused-ring (bicyclic) bond motifs is 1. The van der Waals surface area contributed by atoms with Crippen LogP contribution in [0.2, 0.25) is 0 Å². The van der Waals surface area contributed by atoms with E-state index < -0.39 is 0 Å². The molecule has 0 unspecified atom stereocenters. The zero-order valence-electron chi connectivity index (χ0n) is 17.0. The molecule has 1 fully saturated rings. The summed E-state index contributed by atoms with van der Waals surface area (Å²) in [5, 5.41) is 2.83. The van der Waals surface area contributed by atoms with Gasteiger partial charge in [0.15, 0.2) is 0 Å². The van der Waals surface area contributed by atoms with Crippen LogP contribution in [0.3, 0.4) is 0 Å². The average Bonchev–Trinajstić information content (AvgIpc) is 2.85. The Kier molecular flexibility index (Phi) is 7.46. The van der Waals surface area contributed by atoms with Crippen LogP contribution in [0.1, 0.15) is 57.7 Å². The summed E-state index contributed by atoms with van der Waals surface area (Å²) < 4.78 is 2.11. The van der Waals surface area contributed by atoms with Crippen LogP contribution >= 0.6 is 0 Å². The second-order valence-corrected chi connectivity index (χ2v) is 7.69. The topological polar surface area (TPSA) is 67.2 Å². The number of aromatic nitrogens is 2. The molecule has 152 valence electrons. The van der Waals surface area contributed by atoms with Crippen molar-refractivity contribution in [1.82, 2.24) is 19.8 Å². The Labute approximate surface area is 167 Å². The highest BCUT2D eigenvalue weighted by Crippen LogP contribution is 2.19. The number of nitrogens with one attached hydrogen (secondary N) is 1. The number of hydrogen-bond acceptors (Lipinski definition) is 3. The van der Waals surface area contributed by atoms with E-state index >= 15 is 0 Å². The Morgan fingerprint density at radius 1 is 1.04 bits per heavy atom. The first kappa shape index (κ1) is 20.4. The molecule has 0 spiro atoms. The van der Waals surface area contributed by atoms with Gasteiger partial charge in [0.2, 0.25) is 11.8 Å². The van der Waals surface area contributed by atoms with Gasteiger partial charge in [0.1, 0.15) is 12.4 Å². The number of benzene rings is 1. The van der Waals surface area contributed by atoms with Crippen molar-refractivity contribution in [3.8, 4) is 0 Å². The molecule has 2 heterocycles. The lowest BCUT2D eigenvalue weighted by molar-refractivity contribution is -0.131. The molecule has 1 aliphatic heterocycles. The minimum atomic E-state index is 0.0221. The van der Waals surface area contributed by atoms with Crippen LogP contribution in [0.5, 0.6) is 0 Å². The van der Waals surface area contributed by atoms with Crippen molar-refractivity contribution in [1.29, 1.82) is 0 Å². The summed E-state index contributed by atoms with van der Waals surface area (Å²) >= 11 is 0. The minimum Gasteiger partial charge on any atom is -0.356 e. The first-order valence-corrected chi connectivity index (χ1v) is 10.6. The molecule has 3 rings (SSSR count). The van der Waals surface area contributed by atoms with Gasteiger partial charge in [-0.05, 0) is 37.8 Å². The van der Waals surface area contributed by atoms with Crippen LogP contribution in [0.4, 0.5) is 0 Å². The van der Waals surface area contributed by atoms with Crippen molar-refractivity contribution in [2.45, 2.75) is 64.8 Å². The van der Waals surface area contributed by atoms with Gasteiger partial charge in [-0.1, -0.05) is 31.4 Å². The van der Waals surface area contributed by atoms with Gasteiger partial charge in [0.05, 0.1) is 11.0 Å². The molecular weight excluding hydrogens is 352 g/mol. The summed E-state index contributed by atoms with van der Waals surface area (Å²) in [4.78, 5) is 30.7. The molecule has 0 atom stereocenters. The minimum absolute atomic E-state index is 0.0221. The summed E-state index contributed by atoms with van der Waals surface area (Å²) in [6.45, 7) is 4.40. The molecule has 6 heteroatoms. The van der Waals surface area contributed by atoms with Crippen molar-refractivity contribution in [3.05, 3.63) is 30.1 Å². The third kappa shape index (κ3) is 5.57. The normalized spacial score (nSPS) is 14.8. The summed E-state index contributed by atoms with van der Waals surface area (Å²) in [7, 11) is 0. The highest BCUT2D eigenvalue weighted by Gasteiger charge is 2.19. The maximum Gasteiger partial charge on any atom is 0.242 e. The van der Waals surface area contributed by atoms with Gasteiger partial charge in [-0.25, -0.2) is 4.98 Å². The van der Waals surface area contributed by atoms with Gasteiger partial charge < -0.3 is 14.8 Å². The van der Waals surface area contributed by atoms with E-state index in [1.807, 2.05) is 23.1 Å². The summed E-state index contributed by atoms with van der Waals surface area (Å²) in [5.41, 5.74) is 2.00. The predicted molar refractivity (Wildman–Crippen MR) is 111 cm³/mol. The van der Waals surface area contributed by atoms with Gasteiger partial charge in [0.25, 0.3) is 0 Å². The third-order valence-corrected chi connectivity index (χ3v) is 5.44. The number of carbonyl (C=O) groups is 2. The number of unbranched alkanes of at least 4 members (excludes halogenated alkanes) is 2. The lowest BCUT2D eigenvalue weighted by Crippen LogP contribution is -2.34. The third-order valence-electron chi connectivity index (χ3n) is 5.44. The molecule has 1 aromatic heterocycles. The monoisotopic (exact) mass is 384 g/mol. The van der Waals surface area contributed by atoms with Crippen LogP contribution in [-0.4, -0.2) is 45.9 Å². The molecule has 1 N–H and O–H groups in total. The molecule has 2 aromatic rings. The van der Waals surface area contributed by atoms with Crippen molar-refractivity contribution in [2.75, 3.05) is 19.6 Å². The number of imidazole rings is 1. The Morgan fingerprint density at radius 2 is 1.79 bits per heavy atom. The van der Waals surface area contributed by atoms with E-state index in [9.17, 15) is 9.59 Å². The highest BCUT2D eigenvalue weighted by atomic mass is 16.2. The van der Waals surface area contributed by atoms with Gasteiger partial charge in [-0.2, -0.15) is 0 Å². The fourth-order valence-electron chi connectivity index (χ4n) is 3.90. The Bertz CT molecular complexity index is 791. The van der Waals surface area contributed by atoms with E-state index in [0.717, 1.165) is 75.0 Å². The van der Waals surface area contributed by atoms with E-state index in [1.54, 1.807) is 6.92 Å². The Hall–Kier alpha value is -2.37. The van der Waals surface area contributed by atoms with Crippen LogP contribution in [0.25, 0.3) is 11.0 Å². The van der Waals surface area contributed by atoms with E-state index in [4.69, 9.17) is 4.98 Å². The average molecular weight is 385 g/mol. The molecule has 0 saturated carbocycles. The number of rotatable bonds is 8. The van der Waals surface area contributed by atoms with E-state index in [0.29, 0.717) is 6.54 Å². The predicted octanol–water partition coefficient (Wildman–Crippen LogP) is 3.29. The number of nitrogens with zero attached hydrogens (tertiary/aromatic N) is 3. The molecule has 0 aliphatic carbocycles.